The molecule has 0 aromatic heterocycles. The number of fused-ring (bicyclic) bond motifs is 1. The number of amides is 1. The second kappa shape index (κ2) is 6.94. The van der Waals surface area contributed by atoms with Crippen LogP contribution in [-0.2, 0) is 16.6 Å². The van der Waals surface area contributed by atoms with Crippen LogP contribution in [0.15, 0.2) is 18.2 Å². The van der Waals surface area contributed by atoms with Gasteiger partial charge in [-0.15, -0.1) is 0 Å². The quantitative estimate of drug-likeness (QED) is 0.602. The van der Waals surface area contributed by atoms with E-state index in [-0.39, 0.29) is 23.6 Å². The number of benzene rings is 1. The Balaban J connectivity index is 1.56. The Bertz CT molecular complexity index is 854. The van der Waals surface area contributed by atoms with E-state index >= 15 is 0 Å². The summed E-state index contributed by atoms with van der Waals surface area (Å²) in [6.07, 6.45) is 4.04. The molecule has 0 unspecified atom stereocenters. The van der Waals surface area contributed by atoms with Gasteiger partial charge in [-0.1, -0.05) is 19.9 Å². The van der Waals surface area contributed by atoms with Crippen molar-refractivity contribution in [3.63, 3.8) is 0 Å². The van der Waals surface area contributed by atoms with E-state index in [9.17, 15) is 20.1 Å². The van der Waals surface area contributed by atoms with Crippen molar-refractivity contribution in [3.8, 4) is 5.75 Å². The van der Waals surface area contributed by atoms with Gasteiger partial charge in [0.15, 0.2) is 0 Å². The number of likely N-dealkylation sites (tertiary alicyclic amines) is 1. The summed E-state index contributed by atoms with van der Waals surface area (Å²) in [5.41, 5.74) is 0.511. The molecule has 0 spiro atoms. The number of hydrogen-bond acceptors (Lipinski definition) is 5. The van der Waals surface area contributed by atoms with Crippen LogP contribution in [-0.4, -0.2) is 63.0 Å². The monoisotopic (exact) mass is 414 g/mol. The predicted molar refractivity (Wildman–Crippen MR) is 113 cm³/mol. The third kappa shape index (κ3) is 2.99. The first-order valence-electron chi connectivity index (χ1n) is 11.5. The van der Waals surface area contributed by atoms with Crippen LogP contribution in [0.25, 0.3) is 0 Å². The molecule has 1 saturated heterocycles. The van der Waals surface area contributed by atoms with Gasteiger partial charge in [0.25, 0.3) is 0 Å². The van der Waals surface area contributed by atoms with Crippen molar-refractivity contribution in [2.24, 2.45) is 11.8 Å². The van der Waals surface area contributed by atoms with E-state index in [0.29, 0.717) is 12.8 Å². The van der Waals surface area contributed by atoms with Gasteiger partial charge in [0, 0.05) is 30.3 Å². The summed E-state index contributed by atoms with van der Waals surface area (Å²) in [6.45, 7) is 5.59. The van der Waals surface area contributed by atoms with Gasteiger partial charge in [-0.2, -0.15) is 0 Å². The number of carbonyl (C=O) groups excluding carboxylic acids is 1. The molecule has 6 nitrogen and oxygen atoms in total. The maximum absolute atomic E-state index is 12.4. The van der Waals surface area contributed by atoms with Crippen molar-refractivity contribution < 1.29 is 20.1 Å². The lowest BCUT2D eigenvalue weighted by Gasteiger charge is -2.65. The number of aromatic hydroxyl groups is 1. The maximum Gasteiger partial charge on any atom is 0.222 e. The lowest BCUT2D eigenvalue weighted by molar-refractivity contribution is -0.190. The Morgan fingerprint density at radius 2 is 2.07 bits per heavy atom. The van der Waals surface area contributed by atoms with Gasteiger partial charge in [-0.25, -0.2) is 0 Å². The first-order chi connectivity index (χ1) is 14.2. The highest BCUT2D eigenvalue weighted by atomic mass is 16.3. The van der Waals surface area contributed by atoms with E-state index in [4.69, 9.17) is 0 Å². The fraction of sp³-hybridized carbons (Fsp3) is 0.708. The number of piperidine rings is 1. The average molecular weight is 415 g/mol. The van der Waals surface area contributed by atoms with Crippen molar-refractivity contribution in [1.29, 1.82) is 0 Å². The normalized spacial score (nSPS) is 38.1. The summed E-state index contributed by atoms with van der Waals surface area (Å²) in [7, 11) is 0. The van der Waals surface area contributed by atoms with Crippen LogP contribution < -0.4 is 5.32 Å². The largest absolute Gasteiger partial charge is 0.508 e. The van der Waals surface area contributed by atoms with Crippen LogP contribution in [0.2, 0.25) is 0 Å². The number of carbonyl (C=O) groups is 1. The van der Waals surface area contributed by atoms with Crippen molar-refractivity contribution in [1.82, 2.24) is 10.2 Å². The van der Waals surface area contributed by atoms with E-state index < -0.39 is 23.2 Å². The number of nitrogens with zero attached hydrogens (tertiary/aromatic N) is 1. The van der Waals surface area contributed by atoms with Crippen LogP contribution in [0.4, 0.5) is 0 Å². The fourth-order valence-corrected chi connectivity index (χ4v) is 6.43. The van der Waals surface area contributed by atoms with Gasteiger partial charge in [-0.3, -0.25) is 9.69 Å². The van der Waals surface area contributed by atoms with Crippen molar-refractivity contribution >= 4 is 5.91 Å². The Kier molecular flexibility index (Phi) is 4.69. The summed E-state index contributed by atoms with van der Waals surface area (Å²) in [5, 5.41) is 36.7. The highest BCUT2D eigenvalue weighted by Crippen LogP contribution is 2.58. The summed E-state index contributed by atoms with van der Waals surface area (Å²) in [4.78, 5) is 14.8. The van der Waals surface area contributed by atoms with Gasteiger partial charge in [0.1, 0.15) is 5.75 Å². The molecule has 30 heavy (non-hydrogen) atoms. The Morgan fingerprint density at radius 1 is 1.30 bits per heavy atom. The number of phenols is 1. The highest BCUT2D eigenvalue weighted by molar-refractivity contribution is 5.78. The van der Waals surface area contributed by atoms with Gasteiger partial charge < -0.3 is 20.6 Å². The third-order valence-corrected chi connectivity index (χ3v) is 8.26. The van der Waals surface area contributed by atoms with Gasteiger partial charge in [0.05, 0.1) is 17.7 Å². The van der Waals surface area contributed by atoms with E-state index in [1.165, 1.54) is 18.4 Å². The molecule has 5 rings (SSSR count). The van der Waals surface area contributed by atoms with Crippen LogP contribution in [0, 0.1) is 11.8 Å². The smallest absolute Gasteiger partial charge is 0.222 e. The SMILES string of the molecule is CC(C)C(=O)N[C@H]1C[C@@]2(O)[C@H]3Cc4ccc(O)cc4[C@@]2(CCN3CC2CC2)C[C@H]1O. The molecule has 4 N–H and O–H groups in total. The standard InChI is InChI=1S/C24H34N2O4/c1-14(2)22(29)25-19-11-24(30)21-9-16-5-6-17(27)10-18(16)23(24,12-20(19)28)7-8-26(21)13-15-3-4-15/h5-6,10,14-15,19-21,27-28,30H,3-4,7-9,11-13H2,1-2H3,(H,25,29)/t19-,20+,21+,23+,24+/m0/s1. The first-order valence-corrected chi connectivity index (χ1v) is 11.5. The molecule has 5 atom stereocenters. The molecule has 0 radical (unpaired) electrons. The van der Waals surface area contributed by atoms with Gasteiger partial charge >= 0.3 is 0 Å². The van der Waals surface area contributed by atoms with E-state index in [2.05, 4.69) is 10.2 Å². The van der Waals surface area contributed by atoms with Crippen LogP contribution in [0.1, 0.15) is 57.1 Å². The molecule has 2 saturated carbocycles. The fourth-order valence-electron chi connectivity index (χ4n) is 6.43. The van der Waals surface area contributed by atoms with Crippen LogP contribution >= 0.6 is 0 Å². The van der Waals surface area contributed by atoms with Crippen LogP contribution in [0.3, 0.4) is 0 Å². The Labute approximate surface area is 178 Å². The molecule has 3 aliphatic carbocycles. The molecule has 6 heteroatoms. The summed E-state index contributed by atoms with van der Waals surface area (Å²) in [5.74, 6) is 0.673. The molecular weight excluding hydrogens is 380 g/mol. The Hall–Kier alpha value is -1.63. The zero-order chi connectivity index (χ0) is 21.3. The minimum atomic E-state index is -1.05. The molecule has 164 valence electrons. The van der Waals surface area contributed by atoms with Gasteiger partial charge in [0.2, 0.25) is 5.91 Å². The average Bonchev–Trinajstić information content (AvgIpc) is 3.50. The summed E-state index contributed by atoms with van der Waals surface area (Å²) >= 11 is 0. The van der Waals surface area contributed by atoms with Crippen LogP contribution in [0.5, 0.6) is 5.75 Å². The Morgan fingerprint density at radius 3 is 2.77 bits per heavy atom. The maximum atomic E-state index is 12.4. The third-order valence-electron chi connectivity index (χ3n) is 8.26. The highest BCUT2D eigenvalue weighted by Gasteiger charge is 2.66. The van der Waals surface area contributed by atoms with E-state index in [1.54, 1.807) is 12.1 Å². The molecular formula is C24H34N2O4. The first kappa shape index (κ1) is 20.3. The number of phenolic OH excluding ortho intramolecular Hbond substituents is 1. The predicted octanol–water partition coefficient (Wildman–Crippen LogP) is 1.70. The lowest BCUT2D eigenvalue weighted by Crippen LogP contribution is -2.76. The number of aliphatic hydroxyl groups is 2. The number of hydrogen-bond donors (Lipinski definition) is 4. The minimum absolute atomic E-state index is 0.0326. The van der Waals surface area contributed by atoms with Crippen molar-refractivity contribution in [2.45, 2.75) is 81.6 Å². The number of aliphatic hydroxyl groups excluding tert-OH is 1. The zero-order valence-corrected chi connectivity index (χ0v) is 18.0. The molecule has 1 aromatic carbocycles. The second-order valence-corrected chi connectivity index (χ2v) is 10.5. The van der Waals surface area contributed by atoms with E-state index in [0.717, 1.165) is 37.4 Å². The molecule has 1 amide bonds. The molecule has 1 aromatic rings. The molecule has 4 aliphatic rings. The van der Waals surface area contributed by atoms with E-state index in [1.807, 2.05) is 19.9 Å². The van der Waals surface area contributed by atoms with Crippen molar-refractivity contribution in [3.05, 3.63) is 29.3 Å². The molecule has 1 heterocycles. The van der Waals surface area contributed by atoms with Gasteiger partial charge in [-0.05, 0) is 67.8 Å². The molecule has 2 bridgehead atoms. The van der Waals surface area contributed by atoms with Crippen molar-refractivity contribution in [2.75, 3.05) is 13.1 Å². The lowest BCUT2D eigenvalue weighted by atomic mass is 9.48. The topological polar surface area (TPSA) is 93.0 Å². The molecule has 3 fully saturated rings. The summed E-state index contributed by atoms with van der Waals surface area (Å²) < 4.78 is 0. The number of rotatable bonds is 4. The zero-order valence-electron chi connectivity index (χ0n) is 18.0. The number of nitrogens with one attached hydrogen (secondary N) is 1. The summed E-state index contributed by atoms with van der Waals surface area (Å²) in [6, 6.07) is 5.02. The molecule has 1 aliphatic heterocycles. The minimum Gasteiger partial charge on any atom is -0.508 e. The second-order valence-electron chi connectivity index (χ2n) is 10.5.